The Hall–Kier alpha value is -5.89. The van der Waals surface area contributed by atoms with Crippen LogP contribution in [0.2, 0.25) is 0 Å². The number of nitrogens with two attached hydrogens (primary N) is 4. The molecule has 20 nitrogen and oxygen atoms in total. The number of primary amides is 2. The van der Waals surface area contributed by atoms with Crippen LogP contribution in [0.5, 0.6) is 0 Å². The van der Waals surface area contributed by atoms with Gasteiger partial charge in [0.15, 0.2) is 0 Å². The molecular weight excluding hydrogens is 744 g/mol. The van der Waals surface area contributed by atoms with Crippen LogP contribution >= 0.6 is 0 Å². The molecule has 0 radical (unpaired) electrons. The topological polar surface area (TPSA) is 354 Å². The number of carbonyl (C=O) groups excluding carboxylic acids is 8. The van der Waals surface area contributed by atoms with Crippen molar-refractivity contribution < 1.29 is 48.3 Å². The van der Waals surface area contributed by atoms with Gasteiger partial charge in [0.05, 0.1) is 12.5 Å². The van der Waals surface area contributed by atoms with Gasteiger partial charge in [-0.3, -0.25) is 38.4 Å². The largest absolute Gasteiger partial charge is 0.481 e. The SMILES string of the molecule is CC(C)C[C@H](NC(=O)[C@H](CC(=O)O)NC(=O)[C@@H](N)CCC=O)C(=O)N[C@@H](Cc1c[nH]c2ccccc12)C(=O)N[C@@H](CCC(N)=O)C(=O)N[C@@H](CCCCN)C(N)=O. The Labute approximate surface area is 329 Å². The Balaban J connectivity index is 2.46. The van der Waals surface area contributed by atoms with E-state index in [4.69, 9.17) is 22.9 Å². The number of benzene rings is 1. The van der Waals surface area contributed by atoms with Crippen molar-refractivity contribution in [3.8, 4) is 0 Å². The van der Waals surface area contributed by atoms with E-state index in [1.54, 1.807) is 44.3 Å². The normalized spacial score (nSPS) is 14.3. The summed E-state index contributed by atoms with van der Waals surface area (Å²) in [5.41, 5.74) is 23.5. The van der Waals surface area contributed by atoms with E-state index in [0.29, 0.717) is 31.2 Å². The third-order valence-corrected chi connectivity index (χ3v) is 8.94. The second-order valence-electron chi connectivity index (χ2n) is 14.1. The minimum absolute atomic E-state index is 0.00783. The van der Waals surface area contributed by atoms with Crippen LogP contribution in [0.1, 0.15) is 77.2 Å². The van der Waals surface area contributed by atoms with E-state index in [1.165, 1.54) is 0 Å². The molecule has 7 amide bonds. The van der Waals surface area contributed by atoms with Crippen LogP contribution in [-0.2, 0) is 49.6 Å². The number of carboxylic acid groups (broad SMARTS) is 1. The highest BCUT2D eigenvalue weighted by atomic mass is 16.4. The number of rotatable bonds is 27. The van der Waals surface area contributed by atoms with Gasteiger partial charge in [-0.2, -0.15) is 0 Å². The predicted octanol–water partition coefficient (Wildman–Crippen LogP) is -2.16. The maximum absolute atomic E-state index is 14.1. The number of aldehydes is 1. The Morgan fingerprint density at radius 3 is 1.95 bits per heavy atom. The number of nitrogens with one attached hydrogen (secondary N) is 6. The smallest absolute Gasteiger partial charge is 0.305 e. The number of carboxylic acids is 1. The molecule has 1 heterocycles. The van der Waals surface area contributed by atoms with Gasteiger partial charge in [-0.25, -0.2) is 0 Å². The summed E-state index contributed by atoms with van der Waals surface area (Å²) in [5.74, 6) is -7.72. The van der Waals surface area contributed by atoms with E-state index in [0.717, 1.165) is 10.9 Å². The Kier molecular flexibility index (Phi) is 19.8. The number of H-pyrrole nitrogens is 1. The highest BCUT2D eigenvalue weighted by molar-refractivity contribution is 5.98. The number of aromatic nitrogens is 1. The van der Waals surface area contributed by atoms with E-state index in [2.05, 4.69) is 31.6 Å². The van der Waals surface area contributed by atoms with Crippen molar-refractivity contribution in [2.45, 2.75) is 114 Å². The summed E-state index contributed by atoms with van der Waals surface area (Å²) >= 11 is 0. The standard InChI is InChI=1S/C37H56N10O10/c1-20(2)16-27(46-37(57)29(18-31(50)51)45-33(53)23(39)9-7-15-48)35(55)47-28(17-21-19-42-24-10-4-3-8-22(21)24)36(56)44-26(12-13-30(40)49)34(54)43-25(32(41)52)11-5-6-14-38/h3-4,8,10,15,19-20,23,25-29,42H,5-7,9,11-14,16-18,38-39H2,1-2H3,(H2,40,49)(H2,41,52)(H,43,54)(H,44,56)(H,45,53)(H,46,57)(H,47,55)(H,50,51)/t23-,25-,26-,27-,28-,29-/m0/s1. The zero-order valence-corrected chi connectivity index (χ0v) is 32.2. The van der Waals surface area contributed by atoms with Crippen LogP contribution in [0.3, 0.4) is 0 Å². The average Bonchev–Trinajstić information content (AvgIpc) is 3.55. The lowest BCUT2D eigenvalue weighted by Gasteiger charge is -2.27. The van der Waals surface area contributed by atoms with Gasteiger partial charge < -0.3 is 64.4 Å². The molecular formula is C37H56N10O10. The zero-order chi connectivity index (χ0) is 42.7. The van der Waals surface area contributed by atoms with Gasteiger partial charge in [-0.1, -0.05) is 32.0 Å². The van der Waals surface area contributed by atoms with Gasteiger partial charge in [-0.05, 0) is 62.6 Å². The van der Waals surface area contributed by atoms with Crippen molar-refractivity contribution in [3.63, 3.8) is 0 Å². The van der Waals surface area contributed by atoms with Gasteiger partial charge in [0.25, 0.3) is 0 Å². The summed E-state index contributed by atoms with van der Waals surface area (Å²) in [7, 11) is 0. The first-order valence-electron chi connectivity index (χ1n) is 18.7. The van der Waals surface area contributed by atoms with Crippen LogP contribution < -0.4 is 49.5 Å². The van der Waals surface area contributed by atoms with Crippen molar-refractivity contribution >= 4 is 64.5 Å². The molecule has 0 saturated heterocycles. The molecule has 0 spiro atoms. The monoisotopic (exact) mass is 800 g/mol. The summed E-state index contributed by atoms with van der Waals surface area (Å²) in [6.45, 7) is 3.85. The van der Waals surface area contributed by atoms with E-state index in [-0.39, 0.29) is 50.9 Å². The zero-order valence-electron chi connectivity index (χ0n) is 32.2. The maximum atomic E-state index is 14.1. The molecule has 2 aromatic rings. The van der Waals surface area contributed by atoms with Crippen LogP contribution in [0.4, 0.5) is 0 Å². The fourth-order valence-corrected chi connectivity index (χ4v) is 5.90. The molecule has 0 aliphatic heterocycles. The molecule has 1 aromatic heterocycles. The molecule has 0 bridgehead atoms. The van der Waals surface area contributed by atoms with E-state index in [9.17, 15) is 48.3 Å². The second-order valence-corrected chi connectivity index (χ2v) is 14.1. The lowest BCUT2D eigenvalue weighted by atomic mass is 9.99. The fourth-order valence-electron chi connectivity index (χ4n) is 5.90. The average molecular weight is 801 g/mol. The number of unbranched alkanes of at least 4 members (excludes halogenated alkanes) is 1. The Morgan fingerprint density at radius 1 is 0.754 bits per heavy atom. The molecule has 57 heavy (non-hydrogen) atoms. The van der Waals surface area contributed by atoms with E-state index >= 15 is 0 Å². The van der Waals surface area contributed by atoms with Crippen molar-refractivity contribution in [1.82, 2.24) is 31.6 Å². The minimum atomic E-state index is -1.66. The molecule has 6 atom stereocenters. The number of aromatic amines is 1. The van der Waals surface area contributed by atoms with Crippen molar-refractivity contribution in [1.29, 1.82) is 0 Å². The number of amides is 7. The molecule has 314 valence electrons. The summed E-state index contributed by atoms with van der Waals surface area (Å²) in [4.78, 5) is 117. The lowest BCUT2D eigenvalue weighted by molar-refractivity contribution is -0.141. The van der Waals surface area contributed by atoms with Gasteiger partial charge in [0, 0.05) is 36.4 Å². The molecule has 0 fully saturated rings. The van der Waals surface area contributed by atoms with Crippen LogP contribution in [-0.4, -0.2) is 106 Å². The van der Waals surface area contributed by atoms with Crippen molar-refractivity contribution in [2.75, 3.05) is 6.54 Å². The number of fused-ring (bicyclic) bond motifs is 1. The maximum Gasteiger partial charge on any atom is 0.305 e. The first-order chi connectivity index (χ1) is 27.0. The number of para-hydroxylation sites is 1. The number of hydrogen-bond acceptors (Lipinski definition) is 11. The molecule has 0 aliphatic carbocycles. The Bertz CT molecular complexity index is 1730. The first kappa shape index (κ1) is 47.3. The summed E-state index contributed by atoms with van der Waals surface area (Å²) in [5, 5.41) is 22.7. The van der Waals surface area contributed by atoms with Crippen LogP contribution in [0.25, 0.3) is 10.9 Å². The Morgan fingerprint density at radius 2 is 1.33 bits per heavy atom. The minimum Gasteiger partial charge on any atom is -0.481 e. The molecule has 20 heteroatoms. The van der Waals surface area contributed by atoms with E-state index < -0.39 is 90.0 Å². The van der Waals surface area contributed by atoms with Crippen molar-refractivity contribution in [3.05, 3.63) is 36.0 Å². The van der Waals surface area contributed by atoms with Gasteiger partial charge in [-0.15, -0.1) is 0 Å². The predicted molar refractivity (Wildman–Crippen MR) is 207 cm³/mol. The third-order valence-electron chi connectivity index (χ3n) is 8.94. The quantitative estimate of drug-likeness (QED) is 0.0340. The number of carbonyl (C=O) groups is 9. The first-order valence-corrected chi connectivity index (χ1v) is 18.7. The molecule has 0 aliphatic rings. The molecule has 2 rings (SSSR count). The summed E-state index contributed by atoms with van der Waals surface area (Å²) in [6, 6.07) is -0.998. The molecule has 1 aromatic carbocycles. The third kappa shape index (κ3) is 16.4. The molecule has 0 unspecified atom stereocenters. The number of aliphatic carboxylic acids is 1. The van der Waals surface area contributed by atoms with Crippen LogP contribution in [0, 0.1) is 5.92 Å². The van der Waals surface area contributed by atoms with Crippen molar-refractivity contribution in [2.24, 2.45) is 28.9 Å². The second kappa shape index (κ2) is 23.9. The van der Waals surface area contributed by atoms with Gasteiger partial charge in [0.1, 0.15) is 36.5 Å². The summed E-state index contributed by atoms with van der Waals surface area (Å²) < 4.78 is 0. The molecule has 15 N–H and O–H groups in total. The highest BCUT2D eigenvalue weighted by Crippen LogP contribution is 2.20. The van der Waals surface area contributed by atoms with E-state index in [1.807, 2.05) is 0 Å². The number of hydrogen-bond donors (Lipinski definition) is 11. The van der Waals surface area contributed by atoms with Gasteiger partial charge in [0.2, 0.25) is 41.4 Å². The fraction of sp³-hybridized carbons (Fsp3) is 0.541. The highest BCUT2D eigenvalue weighted by Gasteiger charge is 2.34. The van der Waals surface area contributed by atoms with Crippen LogP contribution in [0.15, 0.2) is 30.5 Å². The van der Waals surface area contributed by atoms with Gasteiger partial charge >= 0.3 is 5.97 Å². The lowest BCUT2D eigenvalue weighted by Crippen LogP contribution is -2.60. The summed E-state index contributed by atoms with van der Waals surface area (Å²) in [6.07, 6.45) is 1.70. The molecule has 0 saturated carbocycles.